The average Bonchev–Trinajstić information content (AvgIpc) is 2.93. The fraction of sp³-hybridized carbons (Fsp3) is 0.778. The fourth-order valence-corrected chi connectivity index (χ4v) is 3.65. The van der Waals surface area contributed by atoms with Crippen LogP contribution in [0, 0.1) is 6.92 Å². The molecule has 0 spiro atoms. The Morgan fingerprint density at radius 2 is 1.92 bits per heavy atom. The first-order valence-corrected chi connectivity index (χ1v) is 9.31. The normalized spacial score (nSPS) is 19.2. The largest absolute Gasteiger partial charge is 0.435 e. The number of nitrogens with zero attached hydrogens (tertiary/aromatic N) is 4. The number of alkyl halides is 3. The maximum Gasteiger partial charge on any atom is 0.435 e. The van der Waals surface area contributed by atoms with Crippen molar-refractivity contribution in [3.63, 3.8) is 0 Å². The topological polar surface area (TPSA) is 41.4 Å². The van der Waals surface area contributed by atoms with Crippen LogP contribution in [0.5, 0.6) is 0 Å². The number of amides is 1. The predicted molar refractivity (Wildman–Crippen MR) is 94.2 cm³/mol. The van der Waals surface area contributed by atoms with Crippen LogP contribution in [-0.2, 0) is 6.18 Å². The monoisotopic (exact) mass is 374 g/mol. The highest BCUT2D eigenvalue weighted by Gasteiger charge is 2.42. The Bertz CT molecular complexity index is 635. The number of piperidine rings is 1. The summed E-state index contributed by atoms with van der Waals surface area (Å²) < 4.78 is 42.2. The molecule has 0 saturated carbocycles. The third kappa shape index (κ3) is 4.05. The molecule has 0 N–H and O–H groups in total. The van der Waals surface area contributed by atoms with E-state index in [0.29, 0.717) is 31.4 Å². The van der Waals surface area contributed by atoms with Gasteiger partial charge >= 0.3 is 6.18 Å². The summed E-state index contributed by atoms with van der Waals surface area (Å²) in [5.74, 6) is -0.595. The molecule has 0 aromatic carbocycles. The van der Waals surface area contributed by atoms with Crippen LogP contribution in [0.15, 0.2) is 0 Å². The molecule has 1 atom stereocenters. The van der Waals surface area contributed by atoms with Gasteiger partial charge in [0.15, 0.2) is 5.69 Å². The molecule has 8 heteroatoms. The zero-order chi connectivity index (χ0) is 19.6. The first-order chi connectivity index (χ1) is 12.1. The van der Waals surface area contributed by atoms with Crippen LogP contribution in [0.2, 0.25) is 0 Å². The van der Waals surface area contributed by atoms with E-state index in [1.54, 1.807) is 20.8 Å². The van der Waals surface area contributed by atoms with Crippen molar-refractivity contribution in [1.82, 2.24) is 19.6 Å². The quantitative estimate of drug-likeness (QED) is 0.788. The Kier molecular flexibility index (Phi) is 6.37. The number of likely N-dealkylation sites (tertiary alicyclic amines) is 1. The summed E-state index contributed by atoms with van der Waals surface area (Å²) in [6.07, 6.45) is -2.98. The molecule has 1 fully saturated rings. The van der Waals surface area contributed by atoms with E-state index in [1.807, 2.05) is 0 Å². The lowest BCUT2D eigenvalue weighted by Crippen LogP contribution is -2.41. The number of carbonyl (C=O) groups excluding carboxylic acids is 1. The molecule has 0 aliphatic carbocycles. The van der Waals surface area contributed by atoms with Crippen LogP contribution in [0.3, 0.4) is 0 Å². The van der Waals surface area contributed by atoms with Crippen LogP contribution in [0.25, 0.3) is 0 Å². The SMILES string of the molecule is CCN(CC)C(=O)c1c(C(F)(F)F)nn(C2CCCN(C(C)C)C2)c1C. The van der Waals surface area contributed by atoms with Gasteiger partial charge in [0, 0.05) is 31.4 Å². The van der Waals surface area contributed by atoms with E-state index < -0.39 is 17.8 Å². The minimum absolute atomic E-state index is 0.148. The Hall–Kier alpha value is -1.57. The van der Waals surface area contributed by atoms with Crippen LogP contribution >= 0.6 is 0 Å². The standard InChI is InChI=1S/C18H29F3N4O/c1-6-23(7-2)17(26)15-13(5)25(22-16(15)18(19,20)21)14-9-8-10-24(11-14)12(3)4/h12,14H,6-11H2,1-5H3. The molecule has 1 saturated heterocycles. The summed E-state index contributed by atoms with van der Waals surface area (Å²) in [7, 11) is 0. The van der Waals surface area contributed by atoms with Gasteiger partial charge in [-0.25, -0.2) is 0 Å². The molecule has 2 rings (SSSR count). The van der Waals surface area contributed by atoms with Crippen molar-refractivity contribution in [2.75, 3.05) is 26.2 Å². The lowest BCUT2D eigenvalue weighted by molar-refractivity contribution is -0.142. The van der Waals surface area contributed by atoms with Crippen molar-refractivity contribution in [3.05, 3.63) is 17.0 Å². The number of aromatic nitrogens is 2. The second-order valence-corrected chi connectivity index (χ2v) is 7.11. The molecule has 1 aliphatic rings. The molecule has 1 aliphatic heterocycles. The lowest BCUT2D eigenvalue weighted by atomic mass is 10.0. The lowest BCUT2D eigenvalue weighted by Gasteiger charge is -2.36. The second kappa shape index (κ2) is 7.98. The molecule has 2 heterocycles. The zero-order valence-electron chi connectivity index (χ0n) is 16.2. The Balaban J connectivity index is 2.48. The van der Waals surface area contributed by atoms with Crippen molar-refractivity contribution < 1.29 is 18.0 Å². The first kappa shape index (κ1) is 20.7. The summed E-state index contributed by atoms with van der Waals surface area (Å²) in [6.45, 7) is 11.6. The molecule has 0 bridgehead atoms. The molecule has 1 aromatic heterocycles. The van der Waals surface area contributed by atoms with Crippen LogP contribution in [-0.4, -0.2) is 57.7 Å². The molecular weight excluding hydrogens is 345 g/mol. The minimum Gasteiger partial charge on any atom is -0.339 e. The van der Waals surface area contributed by atoms with Crippen molar-refractivity contribution in [2.24, 2.45) is 0 Å². The first-order valence-electron chi connectivity index (χ1n) is 9.31. The minimum atomic E-state index is -4.65. The van der Waals surface area contributed by atoms with Gasteiger partial charge in [0.2, 0.25) is 0 Å². The van der Waals surface area contributed by atoms with E-state index >= 15 is 0 Å². The van der Waals surface area contributed by atoms with Crippen molar-refractivity contribution >= 4 is 5.91 Å². The van der Waals surface area contributed by atoms with Gasteiger partial charge in [-0.05, 0) is 54.0 Å². The van der Waals surface area contributed by atoms with E-state index in [9.17, 15) is 18.0 Å². The highest BCUT2D eigenvalue weighted by Crippen LogP contribution is 2.35. The van der Waals surface area contributed by atoms with Gasteiger partial charge < -0.3 is 4.90 Å². The second-order valence-electron chi connectivity index (χ2n) is 7.11. The van der Waals surface area contributed by atoms with E-state index in [-0.39, 0.29) is 11.6 Å². The van der Waals surface area contributed by atoms with E-state index in [1.165, 1.54) is 9.58 Å². The van der Waals surface area contributed by atoms with E-state index in [0.717, 1.165) is 19.4 Å². The summed E-state index contributed by atoms with van der Waals surface area (Å²) in [5.41, 5.74) is -1.05. The molecule has 148 valence electrons. The Morgan fingerprint density at radius 1 is 1.31 bits per heavy atom. The summed E-state index contributed by atoms with van der Waals surface area (Å²) >= 11 is 0. The van der Waals surface area contributed by atoms with Gasteiger partial charge in [0.25, 0.3) is 5.91 Å². The van der Waals surface area contributed by atoms with Gasteiger partial charge in [-0.3, -0.25) is 14.4 Å². The number of carbonyl (C=O) groups is 1. The third-order valence-electron chi connectivity index (χ3n) is 5.19. The molecule has 1 aromatic rings. The molecule has 26 heavy (non-hydrogen) atoms. The van der Waals surface area contributed by atoms with Gasteiger partial charge in [0.1, 0.15) is 0 Å². The molecule has 5 nitrogen and oxygen atoms in total. The Labute approximate surface area is 153 Å². The van der Waals surface area contributed by atoms with Crippen LogP contribution in [0.4, 0.5) is 13.2 Å². The molecule has 1 unspecified atom stereocenters. The van der Waals surface area contributed by atoms with E-state index in [4.69, 9.17) is 0 Å². The predicted octanol–water partition coefficient (Wildman–Crippen LogP) is 3.74. The smallest absolute Gasteiger partial charge is 0.339 e. The summed E-state index contributed by atoms with van der Waals surface area (Å²) in [4.78, 5) is 16.4. The molecule has 0 radical (unpaired) electrons. The highest BCUT2D eigenvalue weighted by molar-refractivity contribution is 5.96. The maximum atomic E-state index is 13.6. The third-order valence-corrected chi connectivity index (χ3v) is 5.19. The van der Waals surface area contributed by atoms with Crippen molar-refractivity contribution in [2.45, 2.75) is 65.7 Å². The van der Waals surface area contributed by atoms with Crippen LogP contribution < -0.4 is 0 Å². The van der Waals surface area contributed by atoms with Crippen molar-refractivity contribution in [3.8, 4) is 0 Å². The number of rotatable bonds is 5. The maximum absolute atomic E-state index is 13.6. The van der Waals surface area contributed by atoms with E-state index in [2.05, 4.69) is 23.8 Å². The van der Waals surface area contributed by atoms with Gasteiger partial charge in [0.05, 0.1) is 11.6 Å². The average molecular weight is 374 g/mol. The number of halogens is 3. The fourth-order valence-electron chi connectivity index (χ4n) is 3.65. The highest BCUT2D eigenvalue weighted by atomic mass is 19.4. The molecule has 1 amide bonds. The van der Waals surface area contributed by atoms with Crippen molar-refractivity contribution in [1.29, 1.82) is 0 Å². The van der Waals surface area contributed by atoms with Gasteiger partial charge in [-0.1, -0.05) is 0 Å². The number of hydrogen-bond donors (Lipinski definition) is 0. The Morgan fingerprint density at radius 3 is 2.42 bits per heavy atom. The summed E-state index contributed by atoms with van der Waals surface area (Å²) in [6, 6.07) is 0.179. The summed E-state index contributed by atoms with van der Waals surface area (Å²) in [5, 5.41) is 3.89. The molecular formula is C18H29F3N4O. The number of hydrogen-bond acceptors (Lipinski definition) is 3. The van der Waals surface area contributed by atoms with Gasteiger partial charge in [-0.15, -0.1) is 0 Å². The van der Waals surface area contributed by atoms with Crippen LogP contribution in [0.1, 0.15) is 68.3 Å². The van der Waals surface area contributed by atoms with Gasteiger partial charge in [-0.2, -0.15) is 18.3 Å². The zero-order valence-corrected chi connectivity index (χ0v) is 16.2.